The average molecular weight is 290 g/mol. The van der Waals surface area contributed by atoms with Gasteiger partial charge in [-0.3, -0.25) is 0 Å². The van der Waals surface area contributed by atoms with E-state index in [1.807, 2.05) is 0 Å². The first-order chi connectivity index (χ1) is 7.49. The molecule has 0 radical (unpaired) electrons. The molecule has 0 saturated heterocycles. The zero-order chi connectivity index (χ0) is 12.3. The van der Waals surface area contributed by atoms with Gasteiger partial charge in [0.15, 0.2) is 0 Å². The third-order valence-corrected chi connectivity index (χ3v) is 2.90. The number of benzene rings is 1. The Morgan fingerprint density at radius 2 is 2.12 bits per heavy atom. The Morgan fingerprint density at radius 1 is 1.50 bits per heavy atom. The monoisotopic (exact) mass is 289 g/mol. The molecular formula is C10H12BrNO4. The van der Waals surface area contributed by atoms with Gasteiger partial charge in [0.1, 0.15) is 11.3 Å². The topological polar surface area (TPSA) is 104 Å². The number of aromatic carboxylic acids is 1. The summed E-state index contributed by atoms with van der Waals surface area (Å²) >= 11 is 3.19. The van der Waals surface area contributed by atoms with Crippen LogP contribution in [0.3, 0.4) is 0 Å². The van der Waals surface area contributed by atoms with E-state index in [9.17, 15) is 9.90 Å². The summed E-state index contributed by atoms with van der Waals surface area (Å²) in [6.07, 6.45) is 0.245. The summed E-state index contributed by atoms with van der Waals surface area (Å²) in [5.74, 6) is -1.58. The second-order valence-corrected chi connectivity index (χ2v) is 4.14. The molecule has 16 heavy (non-hydrogen) atoms. The second kappa shape index (κ2) is 5.29. The van der Waals surface area contributed by atoms with E-state index in [0.29, 0.717) is 10.0 Å². The zero-order valence-corrected chi connectivity index (χ0v) is 9.94. The third kappa shape index (κ3) is 2.52. The normalized spacial score (nSPS) is 12.4. The molecule has 0 bridgehead atoms. The lowest BCUT2D eigenvalue weighted by Crippen LogP contribution is -2.14. The number of aromatic hydroxyl groups is 1. The molecule has 1 aromatic rings. The number of hydrogen-bond donors (Lipinski definition) is 4. The number of aliphatic hydroxyl groups is 1. The quantitative estimate of drug-likeness (QED) is 0.668. The van der Waals surface area contributed by atoms with Crippen LogP contribution >= 0.6 is 15.9 Å². The fraction of sp³-hybridized carbons (Fsp3) is 0.300. The highest BCUT2D eigenvalue weighted by Crippen LogP contribution is 2.34. The van der Waals surface area contributed by atoms with E-state index >= 15 is 0 Å². The van der Waals surface area contributed by atoms with Gasteiger partial charge in [0, 0.05) is 22.7 Å². The van der Waals surface area contributed by atoms with E-state index in [4.69, 9.17) is 15.9 Å². The van der Waals surface area contributed by atoms with Gasteiger partial charge in [-0.05, 0) is 18.6 Å². The van der Waals surface area contributed by atoms with Crippen molar-refractivity contribution in [2.24, 2.45) is 5.73 Å². The predicted molar refractivity (Wildman–Crippen MR) is 61.4 cm³/mol. The van der Waals surface area contributed by atoms with E-state index < -0.39 is 12.0 Å². The van der Waals surface area contributed by atoms with Crippen LogP contribution in [0, 0.1) is 0 Å². The van der Waals surface area contributed by atoms with Crippen molar-refractivity contribution in [3.63, 3.8) is 0 Å². The van der Waals surface area contributed by atoms with Gasteiger partial charge in [-0.1, -0.05) is 15.9 Å². The lowest BCUT2D eigenvalue weighted by molar-refractivity contribution is 0.0693. The summed E-state index contributed by atoms with van der Waals surface area (Å²) in [4.78, 5) is 10.8. The molecule has 1 aromatic carbocycles. The van der Waals surface area contributed by atoms with E-state index in [0.717, 1.165) is 0 Å². The van der Waals surface area contributed by atoms with E-state index in [2.05, 4.69) is 15.9 Å². The van der Waals surface area contributed by atoms with Crippen LogP contribution < -0.4 is 5.73 Å². The van der Waals surface area contributed by atoms with Gasteiger partial charge in [0.05, 0.1) is 0 Å². The number of aliphatic hydroxyl groups excluding tert-OH is 1. The van der Waals surface area contributed by atoms with Crippen molar-refractivity contribution in [2.45, 2.75) is 12.5 Å². The van der Waals surface area contributed by atoms with Crippen LogP contribution in [-0.4, -0.2) is 27.9 Å². The number of carboxylic acid groups (broad SMARTS) is 1. The summed E-state index contributed by atoms with van der Waals surface area (Å²) in [5.41, 5.74) is 5.83. The minimum absolute atomic E-state index is 0.135. The summed E-state index contributed by atoms with van der Waals surface area (Å²) in [6.45, 7) is -0.135. The molecule has 0 aromatic heterocycles. The van der Waals surface area contributed by atoms with E-state index in [1.165, 1.54) is 12.1 Å². The van der Waals surface area contributed by atoms with E-state index in [-0.39, 0.29) is 24.3 Å². The maximum atomic E-state index is 10.8. The Bertz CT molecular complexity index is 408. The van der Waals surface area contributed by atoms with Crippen molar-refractivity contribution < 1.29 is 20.1 Å². The van der Waals surface area contributed by atoms with Crippen LogP contribution in [-0.2, 0) is 0 Å². The Morgan fingerprint density at radius 3 is 2.62 bits per heavy atom. The Labute approximate surface area is 101 Å². The van der Waals surface area contributed by atoms with Crippen molar-refractivity contribution in [1.82, 2.24) is 0 Å². The highest BCUT2D eigenvalue weighted by atomic mass is 79.9. The molecule has 0 heterocycles. The van der Waals surface area contributed by atoms with Gasteiger partial charge in [-0.25, -0.2) is 4.79 Å². The van der Waals surface area contributed by atoms with Crippen molar-refractivity contribution in [3.05, 3.63) is 27.7 Å². The van der Waals surface area contributed by atoms with Crippen molar-refractivity contribution >= 4 is 21.9 Å². The number of phenols is 1. The molecule has 5 nitrogen and oxygen atoms in total. The molecule has 0 spiro atoms. The van der Waals surface area contributed by atoms with Crippen LogP contribution in [0.5, 0.6) is 5.75 Å². The summed E-state index contributed by atoms with van der Waals surface area (Å²) < 4.78 is 0.524. The zero-order valence-electron chi connectivity index (χ0n) is 8.35. The highest BCUT2D eigenvalue weighted by Gasteiger charge is 2.20. The summed E-state index contributed by atoms with van der Waals surface area (Å²) in [6, 6.07) is 2.19. The second-order valence-electron chi connectivity index (χ2n) is 3.28. The van der Waals surface area contributed by atoms with Gasteiger partial charge in [-0.2, -0.15) is 0 Å². The van der Waals surface area contributed by atoms with E-state index in [1.54, 1.807) is 0 Å². The van der Waals surface area contributed by atoms with Gasteiger partial charge in [0.2, 0.25) is 0 Å². The smallest absolute Gasteiger partial charge is 0.339 e. The fourth-order valence-corrected chi connectivity index (χ4v) is 2.01. The largest absolute Gasteiger partial charge is 0.507 e. The number of hydrogen-bond acceptors (Lipinski definition) is 4. The lowest BCUT2D eigenvalue weighted by atomic mass is 10.0. The van der Waals surface area contributed by atoms with Crippen LogP contribution in [0.25, 0.3) is 0 Å². The van der Waals surface area contributed by atoms with Crippen molar-refractivity contribution in [3.8, 4) is 5.75 Å². The SMILES string of the molecule is N[C@H](CCO)c1c(Br)ccc(C(=O)O)c1O. The molecular weight excluding hydrogens is 278 g/mol. The Kier molecular flexibility index (Phi) is 4.28. The minimum atomic E-state index is -1.22. The molecule has 1 rings (SSSR count). The number of nitrogens with two attached hydrogens (primary N) is 1. The minimum Gasteiger partial charge on any atom is -0.507 e. The molecule has 5 N–H and O–H groups in total. The molecule has 0 amide bonds. The number of carboxylic acids is 1. The molecule has 0 aliphatic heterocycles. The van der Waals surface area contributed by atoms with Gasteiger partial charge < -0.3 is 21.1 Å². The Hall–Kier alpha value is -1.11. The van der Waals surface area contributed by atoms with Crippen LogP contribution in [0.15, 0.2) is 16.6 Å². The number of rotatable bonds is 4. The molecule has 0 saturated carbocycles. The molecule has 88 valence electrons. The highest BCUT2D eigenvalue weighted by molar-refractivity contribution is 9.10. The molecule has 6 heteroatoms. The van der Waals surface area contributed by atoms with Gasteiger partial charge >= 0.3 is 5.97 Å². The van der Waals surface area contributed by atoms with Gasteiger partial charge in [0.25, 0.3) is 0 Å². The molecule has 0 unspecified atom stereocenters. The van der Waals surface area contributed by atoms with Crippen molar-refractivity contribution in [1.29, 1.82) is 0 Å². The van der Waals surface area contributed by atoms with Gasteiger partial charge in [-0.15, -0.1) is 0 Å². The standard InChI is InChI=1S/C10H12BrNO4/c11-6-2-1-5(10(15)16)9(14)8(6)7(12)3-4-13/h1-2,7,13-14H,3-4,12H2,(H,15,16)/t7-/m1/s1. The molecule has 0 aliphatic rings. The van der Waals surface area contributed by atoms with Crippen molar-refractivity contribution in [2.75, 3.05) is 6.61 Å². The lowest BCUT2D eigenvalue weighted by Gasteiger charge is -2.15. The Balaban J connectivity index is 3.26. The first-order valence-corrected chi connectivity index (χ1v) is 5.39. The summed E-state index contributed by atoms with van der Waals surface area (Å²) in [7, 11) is 0. The maximum Gasteiger partial charge on any atom is 0.339 e. The maximum absolute atomic E-state index is 10.8. The fourth-order valence-electron chi connectivity index (χ4n) is 1.39. The predicted octanol–water partition coefficient (Wildman–Crippen LogP) is 1.24. The first-order valence-electron chi connectivity index (χ1n) is 4.60. The third-order valence-electron chi connectivity index (χ3n) is 2.21. The number of carbonyl (C=O) groups is 1. The van der Waals surface area contributed by atoms with Crippen LogP contribution in [0.2, 0.25) is 0 Å². The van der Waals surface area contributed by atoms with Crippen LogP contribution in [0.1, 0.15) is 28.4 Å². The molecule has 1 atom stereocenters. The first kappa shape index (κ1) is 13.0. The summed E-state index contributed by atoms with van der Waals surface area (Å²) in [5, 5.41) is 27.4. The number of halogens is 1. The molecule has 0 fully saturated rings. The average Bonchev–Trinajstić information content (AvgIpc) is 2.17. The molecule has 0 aliphatic carbocycles. The van der Waals surface area contributed by atoms with Crippen LogP contribution in [0.4, 0.5) is 0 Å².